The Morgan fingerprint density at radius 3 is 2.63 bits per heavy atom. The van der Waals surface area contributed by atoms with Crippen molar-refractivity contribution in [2.45, 2.75) is 50.7 Å². The molecule has 0 unspecified atom stereocenters. The third-order valence-corrected chi connectivity index (χ3v) is 7.47. The van der Waals surface area contributed by atoms with Gasteiger partial charge < -0.3 is 15.4 Å². The molecule has 2 aliphatic rings. The summed E-state index contributed by atoms with van der Waals surface area (Å²) in [6.45, 7) is 2.18. The number of carbonyl (C=O) groups excluding carboxylic acids is 1. The number of fused-ring (bicyclic) bond motifs is 1. The number of piperidine rings is 1. The smallest absolute Gasteiger partial charge is 0.418 e. The van der Waals surface area contributed by atoms with Crippen molar-refractivity contribution in [1.29, 1.82) is 0 Å². The van der Waals surface area contributed by atoms with Crippen LogP contribution in [0.1, 0.15) is 60.6 Å². The summed E-state index contributed by atoms with van der Waals surface area (Å²) in [7, 11) is 1.44. The van der Waals surface area contributed by atoms with Crippen molar-refractivity contribution in [3.8, 4) is 5.75 Å². The van der Waals surface area contributed by atoms with E-state index in [1.54, 1.807) is 12.1 Å². The van der Waals surface area contributed by atoms with Gasteiger partial charge in [0.2, 0.25) is 0 Å². The van der Waals surface area contributed by atoms with Crippen LogP contribution in [0.4, 0.5) is 18.9 Å². The summed E-state index contributed by atoms with van der Waals surface area (Å²) in [6, 6.07) is 5.67. The largest absolute Gasteiger partial charge is 0.494 e. The number of anilines is 1. The molecule has 2 N–H and O–H groups in total. The van der Waals surface area contributed by atoms with Crippen molar-refractivity contribution in [3.05, 3.63) is 47.9 Å². The first-order chi connectivity index (χ1) is 16.8. The van der Waals surface area contributed by atoms with Crippen molar-refractivity contribution in [2.75, 3.05) is 25.5 Å². The molecule has 0 bridgehead atoms. The fraction of sp³-hybridized carbons (Fsp3) is 0.480. The summed E-state index contributed by atoms with van der Waals surface area (Å²) in [5.74, 6) is -0.639. The minimum Gasteiger partial charge on any atom is -0.494 e. The Balaban J connectivity index is 1.38. The van der Waals surface area contributed by atoms with E-state index in [4.69, 9.17) is 9.84 Å². The minimum atomic E-state index is -4.69. The fourth-order valence-electron chi connectivity index (χ4n) is 5.46. The molecule has 1 aromatic carbocycles. The van der Waals surface area contributed by atoms with Gasteiger partial charge in [0, 0.05) is 23.8 Å². The van der Waals surface area contributed by atoms with Gasteiger partial charge in [-0.1, -0.05) is 0 Å². The number of pyridine rings is 1. The van der Waals surface area contributed by atoms with Crippen molar-refractivity contribution < 1.29 is 22.7 Å². The fourth-order valence-corrected chi connectivity index (χ4v) is 5.46. The summed E-state index contributed by atoms with van der Waals surface area (Å²) >= 11 is 0. The lowest BCUT2D eigenvalue weighted by molar-refractivity contribution is -0.138. The van der Waals surface area contributed by atoms with Gasteiger partial charge in [0.25, 0.3) is 5.91 Å². The van der Waals surface area contributed by atoms with E-state index in [0.717, 1.165) is 49.6 Å². The average molecular weight is 488 g/mol. The van der Waals surface area contributed by atoms with Gasteiger partial charge in [-0.2, -0.15) is 18.3 Å². The molecule has 3 heterocycles. The summed E-state index contributed by atoms with van der Waals surface area (Å²) in [6.07, 6.45) is 5.37. The van der Waals surface area contributed by atoms with Crippen LogP contribution >= 0.6 is 0 Å². The molecule has 0 radical (unpaired) electrons. The molecule has 1 aliphatic heterocycles. The third-order valence-electron chi connectivity index (χ3n) is 7.47. The SMILES string of the molecule is COc1cc2nn(C3CCC4(CCNCC4)CC3)cc2cc1NC(=O)c1ncccc1C(F)(F)F. The highest BCUT2D eigenvalue weighted by atomic mass is 19.4. The number of methoxy groups -OCH3 is 1. The number of ether oxygens (including phenoxy) is 1. The van der Waals surface area contributed by atoms with Crippen LogP contribution in [0.3, 0.4) is 0 Å². The van der Waals surface area contributed by atoms with E-state index in [1.807, 2.05) is 10.9 Å². The van der Waals surface area contributed by atoms with E-state index in [2.05, 4.69) is 15.6 Å². The van der Waals surface area contributed by atoms with Gasteiger partial charge >= 0.3 is 6.18 Å². The molecule has 5 rings (SSSR count). The number of rotatable bonds is 4. The lowest BCUT2D eigenvalue weighted by Crippen LogP contribution is -2.39. The molecule has 7 nitrogen and oxygen atoms in total. The molecule has 35 heavy (non-hydrogen) atoms. The minimum absolute atomic E-state index is 0.264. The van der Waals surface area contributed by atoms with E-state index in [-0.39, 0.29) is 5.69 Å². The summed E-state index contributed by atoms with van der Waals surface area (Å²) in [4.78, 5) is 16.4. The van der Waals surface area contributed by atoms with E-state index in [0.29, 0.717) is 22.7 Å². The quantitative estimate of drug-likeness (QED) is 0.529. The standard InChI is InChI=1S/C25H28F3N5O2/c1-35-21-14-19-16(13-20(21)31-23(34)22-18(25(26,27)28)3-2-10-30-22)15-33(32-19)17-4-6-24(7-5-17)8-11-29-12-9-24/h2-3,10,13-15,17,29H,4-9,11-12H2,1H3,(H,31,34). The van der Waals surface area contributed by atoms with E-state index in [1.165, 1.54) is 32.8 Å². The number of hydrogen-bond acceptors (Lipinski definition) is 5. The maximum Gasteiger partial charge on any atom is 0.418 e. The lowest BCUT2D eigenvalue weighted by atomic mass is 9.67. The zero-order valence-electron chi connectivity index (χ0n) is 19.5. The second-order valence-corrected chi connectivity index (χ2v) is 9.55. The van der Waals surface area contributed by atoms with Crippen LogP contribution in [-0.4, -0.2) is 40.9 Å². The first-order valence-corrected chi connectivity index (χ1v) is 11.9. The van der Waals surface area contributed by atoms with Crippen LogP contribution in [0.2, 0.25) is 0 Å². The molecular weight excluding hydrogens is 459 g/mol. The number of halogens is 3. The molecule has 186 valence electrons. The number of nitrogens with one attached hydrogen (secondary N) is 2. The number of nitrogens with zero attached hydrogens (tertiary/aromatic N) is 3. The second kappa shape index (κ2) is 9.14. The summed E-state index contributed by atoms with van der Waals surface area (Å²) < 4.78 is 47.4. The Labute approximate surface area is 201 Å². The molecular formula is C25H28F3N5O2. The predicted octanol–water partition coefficient (Wildman–Crippen LogP) is 5.20. The Morgan fingerprint density at radius 1 is 1.20 bits per heavy atom. The maximum absolute atomic E-state index is 13.3. The van der Waals surface area contributed by atoms with Crippen LogP contribution in [0.15, 0.2) is 36.7 Å². The molecule has 1 spiro atoms. The van der Waals surface area contributed by atoms with Crippen LogP contribution in [0, 0.1) is 5.41 Å². The van der Waals surface area contributed by atoms with Gasteiger partial charge in [0.1, 0.15) is 11.4 Å². The van der Waals surface area contributed by atoms with Gasteiger partial charge in [-0.25, -0.2) is 0 Å². The van der Waals surface area contributed by atoms with Crippen molar-refractivity contribution in [1.82, 2.24) is 20.1 Å². The van der Waals surface area contributed by atoms with Crippen molar-refractivity contribution in [2.24, 2.45) is 5.41 Å². The first kappa shape index (κ1) is 23.6. The highest BCUT2D eigenvalue weighted by molar-refractivity contribution is 6.06. The Morgan fingerprint density at radius 2 is 1.94 bits per heavy atom. The van der Waals surface area contributed by atoms with Gasteiger partial charge in [0.05, 0.1) is 29.9 Å². The number of aromatic nitrogens is 3. The van der Waals surface area contributed by atoms with Crippen LogP contribution in [0.5, 0.6) is 5.75 Å². The number of benzene rings is 1. The van der Waals surface area contributed by atoms with Crippen LogP contribution < -0.4 is 15.4 Å². The summed E-state index contributed by atoms with van der Waals surface area (Å²) in [5, 5.41) is 11.5. The number of carbonyl (C=O) groups is 1. The molecule has 3 aromatic rings. The van der Waals surface area contributed by atoms with Gasteiger partial charge in [-0.05, 0) is 75.2 Å². The van der Waals surface area contributed by atoms with Gasteiger partial charge in [-0.15, -0.1) is 0 Å². The second-order valence-electron chi connectivity index (χ2n) is 9.55. The van der Waals surface area contributed by atoms with Gasteiger partial charge in [-0.3, -0.25) is 14.5 Å². The number of amides is 1. The summed E-state index contributed by atoms with van der Waals surface area (Å²) in [5.41, 5.74) is -0.354. The Bertz CT molecular complexity index is 1220. The Kier molecular flexibility index (Phi) is 6.16. The lowest BCUT2D eigenvalue weighted by Gasteiger charge is -2.43. The molecule has 2 fully saturated rings. The maximum atomic E-state index is 13.3. The van der Waals surface area contributed by atoms with Crippen molar-refractivity contribution in [3.63, 3.8) is 0 Å². The molecule has 1 aliphatic carbocycles. The zero-order chi connectivity index (χ0) is 24.6. The number of alkyl halides is 3. The molecule has 1 saturated heterocycles. The average Bonchev–Trinajstić information content (AvgIpc) is 3.26. The van der Waals surface area contributed by atoms with Gasteiger partial charge in [0.15, 0.2) is 0 Å². The van der Waals surface area contributed by atoms with E-state index >= 15 is 0 Å². The monoisotopic (exact) mass is 487 g/mol. The van der Waals surface area contributed by atoms with Crippen LogP contribution in [0.25, 0.3) is 10.9 Å². The highest BCUT2D eigenvalue weighted by Crippen LogP contribution is 2.46. The number of hydrogen-bond donors (Lipinski definition) is 2. The normalized spacial score (nSPS) is 18.6. The topological polar surface area (TPSA) is 81.1 Å². The molecule has 10 heteroatoms. The Hall–Kier alpha value is -3.14. The predicted molar refractivity (Wildman–Crippen MR) is 126 cm³/mol. The molecule has 0 atom stereocenters. The van der Waals surface area contributed by atoms with Crippen LogP contribution in [-0.2, 0) is 6.18 Å². The first-order valence-electron chi connectivity index (χ1n) is 11.9. The molecule has 1 amide bonds. The molecule has 2 aromatic heterocycles. The third kappa shape index (κ3) is 4.71. The highest BCUT2D eigenvalue weighted by Gasteiger charge is 2.37. The zero-order valence-corrected chi connectivity index (χ0v) is 19.5. The van der Waals surface area contributed by atoms with E-state index < -0.39 is 23.3 Å². The molecule has 1 saturated carbocycles. The van der Waals surface area contributed by atoms with E-state index in [9.17, 15) is 18.0 Å². The van der Waals surface area contributed by atoms with Crippen molar-refractivity contribution >= 4 is 22.5 Å².